The van der Waals surface area contributed by atoms with Crippen LogP contribution in [0, 0.1) is 0 Å². The number of carbonyl (C=O) groups excluding carboxylic acids is 8. The summed E-state index contributed by atoms with van der Waals surface area (Å²) in [6.45, 7) is 2.35. The molecule has 4 rings (SSSR count). The lowest BCUT2D eigenvalue weighted by Crippen LogP contribution is -2.62. The van der Waals surface area contributed by atoms with E-state index in [4.69, 9.17) is 22.9 Å². The summed E-state index contributed by atoms with van der Waals surface area (Å²) in [5.74, 6) is -8.32. The summed E-state index contributed by atoms with van der Waals surface area (Å²) in [7, 11) is 0. The largest absolute Gasteiger partial charge is 0.508 e. The summed E-state index contributed by atoms with van der Waals surface area (Å²) in [6.07, 6.45) is -1.65. The number of hydrogen-bond donors (Lipinski definition) is 15. The van der Waals surface area contributed by atoms with Gasteiger partial charge < -0.3 is 85.5 Å². The molecule has 0 aliphatic carbocycles. The second kappa shape index (κ2) is 32.6. The van der Waals surface area contributed by atoms with Crippen LogP contribution in [0.5, 0.6) is 5.75 Å². The highest BCUT2D eigenvalue weighted by atomic mass is 16.4. The third-order valence-corrected chi connectivity index (χ3v) is 13.1. The Morgan fingerprint density at radius 2 is 1.12 bits per heavy atom. The summed E-state index contributed by atoms with van der Waals surface area (Å²) in [5.41, 5.74) is 24.0. The Morgan fingerprint density at radius 1 is 0.625 bits per heavy atom. The summed E-state index contributed by atoms with van der Waals surface area (Å²) < 4.78 is 0. The number of likely N-dealkylation sites (tertiary alicyclic amines) is 1. The lowest BCUT2D eigenvalue weighted by Gasteiger charge is -2.32. The maximum atomic E-state index is 14.7. The molecule has 1 aliphatic heterocycles. The topological polar surface area (TPSA) is 438 Å². The van der Waals surface area contributed by atoms with Gasteiger partial charge in [0.2, 0.25) is 47.3 Å². The van der Waals surface area contributed by atoms with Crippen LogP contribution < -0.4 is 60.2 Å². The first-order chi connectivity index (χ1) is 38.1. The molecule has 26 nitrogen and oxygen atoms in total. The molecule has 1 aliphatic rings. The highest BCUT2D eigenvalue weighted by molar-refractivity contribution is 5.98. The van der Waals surface area contributed by atoms with E-state index < -0.39 is 120 Å². The van der Waals surface area contributed by atoms with Crippen molar-refractivity contribution < 1.29 is 63.6 Å². The summed E-state index contributed by atoms with van der Waals surface area (Å²) >= 11 is 0. The van der Waals surface area contributed by atoms with Gasteiger partial charge in [-0.25, -0.2) is 4.79 Å². The van der Waals surface area contributed by atoms with Crippen LogP contribution in [0.4, 0.5) is 0 Å². The highest BCUT2D eigenvalue weighted by Crippen LogP contribution is 2.21. The number of benzene rings is 3. The first-order valence-electron chi connectivity index (χ1n) is 26.4. The van der Waals surface area contributed by atoms with Crippen molar-refractivity contribution in [3.8, 4) is 5.75 Å². The van der Waals surface area contributed by atoms with Crippen molar-refractivity contribution in [1.82, 2.24) is 42.1 Å². The zero-order valence-corrected chi connectivity index (χ0v) is 44.9. The van der Waals surface area contributed by atoms with Crippen LogP contribution in [0.15, 0.2) is 89.9 Å². The lowest BCUT2D eigenvalue weighted by atomic mass is 10.0. The molecule has 3 aromatic rings. The Balaban J connectivity index is 1.59. The number of carbonyl (C=O) groups is 9. The molecule has 10 atom stereocenters. The first-order valence-corrected chi connectivity index (χ1v) is 26.4. The monoisotopic (exact) mass is 1120 g/mol. The number of carboxylic acid groups (broad SMARTS) is 1. The van der Waals surface area contributed by atoms with Crippen LogP contribution in [-0.2, 0) is 62.4 Å². The Kier molecular flexibility index (Phi) is 26.2. The van der Waals surface area contributed by atoms with Crippen molar-refractivity contribution in [2.45, 2.75) is 139 Å². The summed E-state index contributed by atoms with van der Waals surface area (Å²) in [6, 6.07) is 11.8. The molecule has 0 radical (unpaired) electrons. The fourth-order valence-electron chi connectivity index (χ4n) is 8.73. The van der Waals surface area contributed by atoms with E-state index >= 15 is 0 Å². The van der Waals surface area contributed by atoms with Gasteiger partial charge in [0.1, 0.15) is 42.0 Å². The van der Waals surface area contributed by atoms with Gasteiger partial charge in [0, 0.05) is 32.4 Å². The second-order valence-corrected chi connectivity index (χ2v) is 19.6. The molecular formula is C54H77N13O13. The van der Waals surface area contributed by atoms with E-state index in [1.165, 1.54) is 38.1 Å². The fraction of sp³-hybridized carbons (Fsp3) is 0.481. The molecule has 0 aromatic heterocycles. The molecule has 26 heteroatoms. The van der Waals surface area contributed by atoms with E-state index in [9.17, 15) is 63.6 Å². The number of phenols is 1. The predicted molar refractivity (Wildman–Crippen MR) is 293 cm³/mol. The van der Waals surface area contributed by atoms with Crippen molar-refractivity contribution in [2.75, 3.05) is 26.2 Å². The van der Waals surface area contributed by atoms with Crippen LogP contribution in [-0.4, -0.2) is 171 Å². The van der Waals surface area contributed by atoms with Gasteiger partial charge in [-0.1, -0.05) is 72.8 Å². The van der Waals surface area contributed by atoms with E-state index in [1.54, 1.807) is 60.7 Å². The van der Waals surface area contributed by atoms with Gasteiger partial charge in [-0.05, 0) is 94.2 Å². The molecule has 3 aromatic carbocycles. The van der Waals surface area contributed by atoms with Crippen molar-refractivity contribution in [1.29, 1.82) is 0 Å². The molecule has 19 N–H and O–H groups in total. The summed E-state index contributed by atoms with van der Waals surface area (Å²) in [5, 5.41) is 58.7. The maximum absolute atomic E-state index is 14.7. The summed E-state index contributed by atoms with van der Waals surface area (Å²) in [4.78, 5) is 128. The van der Waals surface area contributed by atoms with E-state index in [-0.39, 0.29) is 69.9 Å². The number of guanidine groups is 1. The van der Waals surface area contributed by atoms with Gasteiger partial charge in [0.25, 0.3) is 0 Å². The molecule has 1 fully saturated rings. The maximum Gasteiger partial charge on any atom is 0.328 e. The smallest absolute Gasteiger partial charge is 0.328 e. The van der Waals surface area contributed by atoms with E-state index in [0.717, 1.165) is 4.90 Å². The molecule has 0 saturated carbocycles. The van der Waals surface area contributed by atoms with Gasteiger partial charge in [-0.2, -0.15) is 0 Å². The van der Waals surface area contributed by atoms with Crippen LogP contribution in [0.1, 0.15) is 75.5 Å². The molecular weight excluding hydrogens is 1040 g/mol. The Morgan fingerprint density at radius 3 is 1.64 bits per heavy atom. The van der Waals surface area contributed by atoms with Crippen molar-refractivity contribution in [3.05, 3.63) is 102 Å². The van der Waals surface area contributed by atoms with Crippen molar-refractivity contribution in [3.63, 3.8) is 0 Å². The van der Waals surface area contributed by atoms with Crippen LogP contribution in [0.25, 0.3) is 0 Å². The molecule has 1 heterocycles. The molecule has 8 amide bonds. The van der Waals surface area contributed by atoms with Crippen LogP contribution in [0.2, 0.25) is 0 Å². The molecule has 0 bridgehead atoms. The number of aliphatic imine (C=N–C) groups is 1. The van der Waals surface area contributed by atoms with Crippen LogP contribution in [0.3, 0.4) is 0 Å². The average Bonchev–Trinajstić information content (AvgIpc) is 3.94. The number of aliphatic carboxylic acids is 1. The number of unbranched alkanes of at least 4 members (excludes halogenated alkanes) is 1. The lowest BCUT2D eigenvalue weighted by molar-refractivity contribution is -0.146. The number of rotatable bonds is 32. The number of aliphatic hydroxyl groups excluding tert-OH is 2. The molecule has 0 unspecified atom stereocenters. The first kappa shape index (κ1) is 64.3. The zero-order chi connectivity index (χ0) is 58.9. The van der Waals surface area contributed by atoms with E-state index in [2.05, 4.69) is 42.2 Å². The normalized spacial score (nSPS) is 16.3. The Labute approximate surface area is 463 Å². The standard InChI is InChI=1S/C54H77N13O13/c1-31(68)44(52(78)67-26-12-19-42(67)51(77)62-38(18-9-10-24-55)47(73)66-45(32(2)69)53(79)80)65-50(76)41(29-35-20-22-36(70)23-21-35)64-49(75)40(28-34-15-7-4-8-16-34)63-48(74)39(27-33-13-5-3-6-14-33)61-43(71)30-60-46(72)37(56)17-11-25-59-54(57)58/h3-8,13-16,20-23,31-32,37-42,44-45,68-70H,9-12,17-19,24-30,55-56H2,1-2H3,(H,60,72)(H,61,71)(H,62,77)(H,63,74)(H,64,75)(H,65,76)(H,66,73)(H,79,80)(H4,57,58,59)/t31-,32-,37+,38+,39+,40+,41+,42+,44+,45+/m1/s1. The predicted octanol–water partition coefficient (Wildman–Crippen LogP) is -3.21. The SMILES string of the molecule is C[C@@H](O)[C@H](NC(=O)[C@H](CCCCN)NC(=O)[C@@H]1CCCN1C(=O)[C@@H](NC(=O)[C@H](Cc1ccc(O)cc1)NC(=O)[C@H](Cc1ccccc1)NC(=O)[C@H](Cc1ccccc1)NC(=O)CNC(=O)[C@@H](N)CCCN=C(N)N)[C@@H](C)O)C(=O)O. The number of amides is 8. The number of carboxylic acids is 1. The molecule has 0 spiro atoms. The number of hydrogen-bond acceptors (Lipinski definition) is 15. The Bertz CT molecular complexity index is 2570. The van der Waals surface area contributed by atoms with Crippen molar-refractivity contribution >= 4 is 59.2 Å². The second-order valence-electron chi connectivity index (χ2n) is 19.6. The van der Waals surface area contributed by atoms with Crippen LogP contribution >= 0.6 is 0 Å². The third-order valence-electron chi connectivity index (χ3n) is 13.1. The quantitative estimate of drug-likeness (QED) is 0.0166. The number of nitrogens with two attached hydrogens (primary N) is 4. The number of aliphatic hydroxyl groups is 2. The fourth-order valence-corrected chi connectivity index (χ4v) is 8.73. The van der Waals surface area contributed by atoms with Gasteiger partial charge in [0.05, 0.1) is 24.8 Å². The molecule has 436 valence electrons. The van der Waals surface area contributed by atoms with Gasteiger partial charge >= 0.3 is 5.97 Å². The third kappa shape index (κ3) is 21.2. The molecule has 80 heavy (non-hydrogen) atoms. The minimum Gasteiger partial charge on any atom is -0.508 e. The van der Waals surface area contributed by atoms with E-state index in [0.29, 0.717) is 42.4 Å². The number of nitrogens with one attached hydrogen (secondary N) is 7. The zero-order valence-electron chi connectivity index (χ0n) is 44.9. The van der Waals surface area contributed by atoms with Gasteiger partial charge in [-0.3, -0.25) is 43.3 Å². The highest BCUT2D eigenvalue weighted by Gasteiger charge is 2.42. The number of nitrogens with zero attached hydrogens (tertiary/aromatic N) is 2. The number of aromatic hydroxyl groups is 1. The Hall–Kier alpha value is -8.20. The van der Waals surface area contributed by atoms with E-state index in [1.807, 2.05) is 0 Å². The van der Waals surface area contributed by atoms with Gasteiger partial charge in [0.15, 0.2) is 12.0 Å². The van der Waals surface area contributed by atoms with Crippen molar-refractivity contribution in [2.24, 2.45) is 27.9 Å². The average molecular weight is 1120 g/mol. The van der Waals surface area contributed by atoms with Gasteiger partial charge in [-0.15, -0.1) is 0 Å². The molecule has 1 saturated heterocycles. The number of phenolic OH excluding ortho intramolecular Hbond substituents is 1. The minimum absolute atomic E-state index is 0.00495. The minimum atomic E-state index is -1.71.